The Morgan fingerprint density at radius 3 is 2.75 bits per heavy atom. The first-order valence-corrected chi connectivity index (χ1v) is 9.92. The van der Waals surface area contributed by atoms with Crippen LogP contribution in [-0.4, -0.2) is 73.9 Å². The summed E-state index contributed by atoms with van der Waals surface area (Å²) in [5, 5.41) is 17.3. The molecule has 2 atom stereocenters. The van der Waals surface area contributed by atoms with Gasteiger partial charge in [-0.2, -0.15) is 0 Å². The summed E-state index contributed by atoms with van der Waals surface area (Å²) >= 11 is 0. The molecular formula is C19H29N5O4. The summed E-state index contributed by atoms with van der Waals surface area (Å²) in [7, 11) is 0. The normalized spacial score (nSPS) is 22.9. The summed E-state index contributed by atoms with van der Waals surface area (Å²) < 4.78 is 11.7. The average molecular weight is 391 g/mol. The molecule has 0 radical (unpaired) electrons. The van der Waals surface area contributed by atoms with Gasteiger partial charge in [-0.05, 0) is 31.9 Å². The van der Waals surface area contributed by atoms with Gasteiger partial charge < -0.3 is 25.0 Å². The standard InChI is InChI=1S/C19H29N5O4/c1-2-20-19(23-11-13-28-18(14-23)17-4-3-12-27-17)22-10-9-21-15-5-7-16(8-6-15)24(25)26/h5-8,17-18,21H,2-4,9-14H2,1H3,(H,20,22). The van der Waals surface area contributed by atoms with Crippen LogP contribution in [0.5, 0.6) is 0 Å². The molecule has 0 aliphatic carbocycles. The van der Waals surface area contributed by atoms with Crippen LogP contribution in [0, 0.1) is 10.1 Å². The van der Waals surface area contributed by atoms with Gasteiger partial charge in [0, 0.05) is 50.6 Å². The highest BCUT2D eigenvalue weighted by molar-refractivity contribution is 5.80. The number of aliphatic imine (C=N–C) groups is 1. The number of morpholine rings is 1. The van der Waals surface area contributed by atoms with E-state index in [1.807, 2.05) is 0 Å². The highest BCUT2D eigenvalue weighted by Crippen LogP contribution is 2.21. The Labute approximate surface area is 165 Å². The number of hydrogen-bond acceptors (Lipinski definition) is 6. The molecule has 2 unspecified atom stereocenters. The van der Waals surface area contributed by atoms with E-state index in [9.17, 15) is 10.1 Å². The largest absolute Gasteiger partial charge is 0.383 e. The molecule has 1 aromatic rings. The number of nitrogens with one attached hydrogen (secondary N) is 2. The Morgan fingerprint density at radius 1 is 1.29 bits per heavy atom. The Hall–Kier alpha value is -2.39. The van der Waals surface area contributed by atoms with Crippen molar-refractivity contribution in [3.8, 4) is 0 Å². The number of ether oxygens (including phenoxy) is 2. The Kier molecular flexibility index (Phi) is 7.44. The Bertz CT molecular complexity index is 661. The van der Waals surface area contributed by atoms with Gasteiger partial charge in [0.2, 0.25) is 0 Å². The third-order valence-corrected chi connectivity index (χ3v) is 4.89. The molecule has 2 fully saturated rings. The Balaban J connectivity index is 1.51. The number of hydrogen-bond donors (Lipinski definition) is 2. The van der Waals surface area contributed by atoms with Crippen molar-refractivity contribution in [2.45, 2.75) is 32.0 Å². The molecular weight excluding hydrogens is 362 g/mol. The van der Waals surface area contributed by atoms with Crippen molar-refractivity contribution in [1.82, 2.24) is 10.2 Å². The number of non-ortho nitro benzene ring substituents is 1. The molecule has 9 nitrogen and oxygen atoms in total. The van der Waals surface area contributed by atoms with Crippen molar-refractivity contribution in [2.24, 2.45) is 4.99 Å². The van der Waals surface area contributed by atoms with Crippen molar-refractivity contribution in [2.75, 3.05) is 51.3 Å². The summed E-state index contributed by atoms with van der Waals surface area (Å²) in [6.07, 6.45) is 2.45. The van der Waals surface area contributed by atoms with Crippen LogP contribution in [0.4, 0.5) is 11.4 Å². The van der Waals surface area contributed by atoms with E-state index in [0.717, 1.165) is 50.7 Å². The van der Waals surface area contributed by atoms with Gasteiger partial charge in [-0.3, -0.25) is 15.1 Å². The van der Waals surface area contributed by atoms with Crippen LogP contribution in [0.15, 0.2) is 29.3 Å². The first kappa shape index (κ1) is 20.3. The number of rotatable bonds is 7. The van der Waals surface area contributed by atoms with Crippen LogP contribution >= 0.6 is 0 Å². The monoisotopic (exact) mass is 391 g/mol. The molecule has 2 aliphatic heterocycles. The molecule has 2 aliphatic rings. The van der Waals surface area contributed by atoms with E-state index in [0.29, 0.717) is 19.7 Å². The molecule has 28 heavy (non-hydrogen) atoms. The zero-order valence-corrected chi connectivity index (χ0v) is 16.3. The summed E-state index contributed by atoms with van der Waals surface area (Å²) in [6.45, 7) is 7.20. The van der Waals surface area contributed by atoms with E-state index >= 15 is 0 Å². The molecule has 0 saturated carbocycles. The second kappa shape index (κ2) is 10.2. The van der Waals surface area contributed by atoms with E-state index in [2.05, 4.69) is 22.5 Å². The maximum absolute atomic E-state index is 10.7. The fourth-order valence-electron chi connectivity index (χ4n) is 3.48. The van der Waals surface area contributed by atoms with Crippen molar-refractivity contribution < 1.29 is 14.4 Å². The van der Waals surface area contributed by atoms with Gasteiger partial charge in [0.1, 0.15) is 6.10 Å². The molecule has 0 amide bonds. The van der Waals surface area contributed by atoms with Gasteiger partial charge in [0.25, 0.3) is 5.69 Å². The van der Waals surface area contributed by atoms with E-state index < -0.39 is 4.92 Å². The number of nitro benzene ring substituents is 1. The fraction of sp³-hybridized carbons (Fsp3) is 0.632. The van der Waals surface area contributed by atoms with Crippen molar-refractivity contribution in [3.05, 3.63) is 34.4 Å². The number of nitro groups is 1. The molecule has 154 valence electrons. The first-order valence-electron chi connectivity index (χ1n) is 9.92. The van der Waals surface area contributed by atoms with Gasteiger partial charge in [0.05, 0.1) is 24.2 Å². The molecule has 3 rings (SSSR count). The van der Waals surface area contributed by atoms with Gasteiger partial charge in [-0.25, -0.2) is 0 Å². The van der Waals surface area contributed by atoms with Crippen molar-refractivity contribution >= 4 is 17.3 Å². The molecule has 0 aromatic heterocycles. The lowest BCUT2D eigenvalue weighted by molar-refractivity contribution is -0.384. The SMILES string of the molecule is CCNC(=NCCNc1ccc([N+](=O)[O-])cc1)N1CCOC(C2CCCO2)C1. The zero-order chi connectivity index (χ0) is 19.8. The number of nitrogens with zero attached hydrogens (tertiary/aromatic N) is 3. The van der Waals surface area contributed by atoms with Crippen molar-refractivity contribution in [1.29, 1.82) is 0 Å². The zero-order valence-electron chi connectivity index (χ0n) is 16.3. The number of anilines is 1. The van der Waals surface area contributed by atoms with Crippen LogP contribution in [0.1, 0.15) is 19.8 Å². The second-order valence-corrected chi connectivity index (χ2v) is 6.87. The Morgan fingerprint density at radius 2 is 2.07 bits per heavy atom. The minimum absolute atomic E-state index is 0.0890. The minimum atomic E-state index is -0.400. The molecule has 9 heteroatoms. The predicted molar refractivity (Wildman–Crippen MR) is 108 cm³/mol. The summed E-state index contributed by atoms with van der Waals surface area (Å²) in [5.41, 5.74) is 0.932. The van der Waals surface area contributed by atoms with Gasteiger partial charge in [-0.1, -0.05) is 0 Å². The lowest BCUT2D eigenvalue weighted by atomic mass is 10.1. The fourth-order valence-corrected chi connectivity index (χ4v) is 3.48. The lowest BCUT2D eigenvalue weighted by Crippen LogP contribution is -2.53. The average Bonchev–Trinajstić information content (AvgIpc) is 3.26. The highest BCUT2D eigenvalue weighted by Gasteiger charge is 2.32. The van der Waals surface area contributed by atoms with E-state index in [4.69, 9.17) is 14.5 Å². The summed E-state index contributed by atoms with van der Waals surface area (Å²) in [4.78, 5) is 17.3. The van der Waals surface area contributed by atoms with Crippen molar-refractivity contribution in [3.63, 3.8) is 0 Å². The van der Waals surface area contributed by atoms with Gasteiger partial charge >= 0.3 is 0 Å². The molecule has 0 bridgehead atoms. The lowest BCUT2D eigenvalue weighted by Gasteiger charge is -2.37. The van der Waals surface area contributed by atoms with Crippen LogP contribution in [0.25, 0.3) is 0 Å². The number of guanidine groups is 1. The minimum Gasteiger partial charge on any atom is -0.383 e. The maximum Gasteiger partial charge on any atom is 0.269 e. The topological polar surface area (TPSA) is 101 Å². The van der Waals surface area contributed by atoms with Gasteiger partial charge in [-0.15, -0.1) is 0 Å². The second-order valence-electron chi connectivity index (χ2n) is 6.87. The molecule has 2 N–H and O–H groups in total. The maximum atomic E-state index is 10.7. The van der Waals surface area contributed by atoms with Crippen LogP contribution in [0.3, 0.4) is 0 Å². The quantitative estimate of drug-likeness (QED) is 0.240. The molecule has 1 aromatic carbocycles. The third-order valence-electron chi connectivity index (χ3n) is 4.89. The van der Waals surface area contributed by atoms with Crippen LogP contribution in [0.2, 0.25) is 0 Å². The molecule has 2 saturated heterocycles. The molecule has 2 heterocycles. The third kappa shape index (κ3) is 5.56. The van der Waals surface area contributed by atoms with Crippen LogP contribution in [-0.2, 0) is 9.47 Å². The highest BCUT2D eigenvalue weighted by atomic mass is 16.6. The van der Waals surface area contributed by atoms with Crippen LogP contribution < -0.4 is 10.6 Å². The van der Waals surface area contributed by atoms with E-state index in [1.54, 1.807) is 12.1 Å². The van der Waals surface area contributed by atoms with Gasteiger partial charge in [0.15, 0.2) is 5.96 Å². The molecule has 0 spiro atoms. The summed E-state index contributed by atoms with van der Waals surface area (Å²) in [6, 6.07) is 6.41. The number of benzene rings is 1. The van der Waals surface area contributed by atoms with E-state index in [1.165, 1.54) is 12.1 Å². The first-order chi connectivity index (χ1) is 13.7. The van der Waals surface area contributed by atoms with E-state index in [-0.39, 0.29) is 17.9 Å². The predicted octanol–water partition coefficient (Wildman–Crippen LogP) is 1.85. The summed E-state index contributed by atoms with van der Waals surface area (Å²) in [5.74, 6) is 0.888. The smallest absolute Gasteiger partial charge is 0.269 e.